The maximum atomic E-state index is 11.6. The second kappa shape index (κ2) is 4.69. The number of hydrogen-bond donors (Lipinski definition) is 2. The van der Waals surface area contributed by atoms with Gasteiger partial charge in [-0.3, -0.25) is 0 Å². The number of ether oxygens (including phenoxy) is 1. The van der Waals surface area contributed by atoms with E-state index in [0.29, 0.717) is 13.0 Å². The lowest BCUT2D eigenvalue weighted by Gasteiger charge is -2.08. The van der Waals surface area contributed by atoms with Crippen molar-refractivity contribution in [2.45, 2.75) is 19.1 Å². The number of hydrogen-bond acceptors (Lipinski definition) is 3. The summed E-state index contributed by atoms with van der Waals surface area (Å²) in [5.74, 6) is 0.108. The van der Waals surface area contributed by atoms with Gasteiger partial charge in [0.05, 0.1) is 13.2 Å². The molecule has 1 rings (SSSR count). The molecule has 5 heteroatoms. The van der Waals surface area contributed by atoms with Crippen LogP contribution < -0.4 is 5.32 Å². The van der Waals surface area contributed by atoms with Gasteiger partial charge < -0.3 is 15.2 Å². The molecule has 0 aromatic heterocycles. The molecule has 0 radical (unpaired) electrons. The Bertz CT molecular complexity index is 135. The first-order valence-electron chi connectivity index (χ1n) is 3.96. The van der Waals surface area contributed by atoms with Gasteiger partial charge in [-0.25, -0.2) is 0 Å². The molecule has 1 fully saturated rings. The molecule has 0 unspecified atom stereocenters. The molecule has 1 heterocycles. The number of nitrogens with one attached hydrogen (secondary N) is 1. The first-order valence-corrected chi connectivity index (χ1v) is 3.96. The van der Waals surface area contributed by atoms with Crippen molar-refractivity contribution < 1.29 is 18.6 Å². The molecule has 3 nitrogen and oxygen atoms in total. The highest BCUT2D eigenvalue weighted by molar-refractivity contribution is 4.80. The molecule has 0 amide bonds. The molecule has 1 aliphatic rings. The Morgan fingerprint density at radius 3 is 2.83 bits per heavy atom. The molecule has 12 heavy (non-hydrogen) atoms. The minimum absolute atomic E-state index is 0.0521. The molecule has 2 atom stereocenters. The van der Waals surface area contributed by atoms with Crippen LogP contribution in [0.25, 0.3) is 0 Å². The van der Waals surface area contributed by atoms with Crippen LogP contribution >= 0.6 is 0 Å². The second-order valence-electron chi connectivity index (χ2n) is 2.98. The van der Waals surface area contributed by atoms with Crippen LogP contribution in [0.4, 0.5) is 8.78 Å². The third-order valence-corrected chi connectivity index (χ3v) is 1.99. The molecule has 0 saturated carbocycles. The van der Waals surface area contributed by atoms with E-state index in [9.17, 15) is 8.78 Å². The van der Waals surface area contributed by atoms with Gasteiger partial charge in [-0.05, 0) is 12.3 Å². The average Bonchev–Trinajstić information content (AvgIpc) is 2.48. The monoisotopic (exact) mass is 181 g/mol. The van der Waals surface area contributed by atoms with E-state index in [1.807, 2.05) is 0 Å². The molecule has 0 bridgehead atoms. The van der Waals surface area contributed by atoms with Crippen LogP contribution in [0.3, 0.4) is 0 Å². The minimum atomic E-state index is -2.68. The second-order valence-corrected chi connectivity index (χ2v) is 2.98. The lowest BCUT2D eigenvalue weighted by molar-refractivity contribution is -0.136. The Morgan fingerprint density at radius 2 is 2.33 bits per heavy atom. The van der Waals surface area contributed by atoms with Gasteiger partial charge in [-0.2, -0.15) is 8.78 Å². The van der Waals surface area contributed by atoms with E-state index >= 15 is 0 Å². The molecule has 1 aliphatic heterocycles. The van der Waals surface area contributed by atoms with E-state index < -0.39 is 6.61 Å². The fraction of sp³-hybridized carbons (Fsp3) is 1.00. The quantitative estimate of drug-likeness (QED) is 0.650. The predicted molar refractivity (Wildman–Crippen MR) is 38.9 cm³/mol. The van der Waals surface area contributed by atoms with Gasteiger partial charge in [-0.15, -0.1) is 0 Å². The zero-order chi connectivity index (χ0) is 8.97. The highest BCUT2D eigenvalue weighted by Gasteiger charge is 2.24. The fourth-order valence-corrected chi connectivity index (χ4v) is 1.38. The van der Waals surface area contributed by atoms with Crippen LogP contribution in [0.15, 0.2) is 0 Å². The van der Waals surface area contributed by atoms with Crippen molar-refractivity contribution in [3.05, 3.63) is 0 Å². The normalized spacial score (nSPS) is 30.0. The summed E-state index contributed by atoms with van der Waals surface area (Å²) in [6, 6.07) is 0.0521. The highest BCUT2D eigenvalue weighted by Crippen LogP contribution is 2.14. The van der Waals surface area contributed by atoms with E-state index in [1.165, 1.54) is 0 Å². The van der Waals surface area contributed by atoms with Crippen molar-refractivity contribution in [3.8, 4) is 0 Å². The molecule has 2 N–H and O–H groups in total. The Hall–Kier alpha value is -0.260. The third-order valence-electron chi connectivity index (χ3n) is 1.99. The Labute approximate surface area is 69.7 Å². The molecule has 0 aromatic carbocycles. The highest BCUT2D eigenvalue weighted by atomic mass is 19.3. The zero-order valence-corrected chi connectivity index (χ0v) is 6.67. The summed E-state index contributed by atoms with van der Waals surface area (Å²) in [5.41, 5.74) is 0. The van der Waals surface area contributed by atoms with Crippen LogP contribution in [-0.4, -0.2) is 37.5 Å². The van der Waals surface area contributed by atoms with Crippen LogP contribution in [0, 0.1) is 5.92 Å². The van der Waals surface area contributed by atoms with Crippen molar-refractivity contribution in [2.75, 3.05) is 19.8 Å². The first-order chi connectivity index (χ1) is 5.72. The third kappa shape index (κ3) is 3.00. The smallest absolute Gasteiger partial charge is 0.345 e. The number of halogens is 2. The van der Waals surface area contributed by atoms with Crippen molar-refractivity contribution in [3.63, 3.8) is 0 Å². The molecule has 0 aromatic rings. The number of aliphatic hydroxyl groups is 1. The van der Waals surface area contributed by atoms with Gasteiger partial charge in [0.15, 0.2) is 0 Å². The number of alkyl halides is 2. The van der Waals surface area contributed by atoms with Crippen molar-refractivity contribution in [1.29, 1.82) is 0 Å². The average molecular weight is 181 g/mol. The number of rotatable bonds is 4. The largest absolute Gasteiger partial charge is 0.395 e. The predicted octanol–water partition coefficient (Wildman–Crippen LogP) is 0.196. The van der Waals surface area contributed by atoms with Gasteiger partial charge >= 0.3 is 6.61 Å². The van der Waals surface area contributed by atoms with Crippen molar-refractivity contribution in [1.82, 2.24) is 5.32 Å². The zero-order valence-electron chi connectivity index (χ0n) is 6.67. The van der Waals surface area contributed by atoms with Gasteiger partial charge in [0.1, 0.15) is 0 Å². The Kier molecular flexibility index (Phi) is 3.84. The summed E-state index contributed by atoms with van der Waals surface area (Å²) in [6.45, 7) is -1.90. The summed E-state index contributed by atoms with van der Waals surface area (Å²) >= 11 is 0. The van der Waals surface area contributed by atoms with Crippen LogP contribution in [0.5, 0.6) is 0 Å². The van der Waals surface area contributed by atoms with E-state index in [4.69, 9.17) is 5.11 Å². The summed E-state index contributed by atoms with van der Waals surface area (Å²) in [6.07, 6.45) is 0.712. The molecule has 0 aliphatic carbocycles. The Balaban J connectivity index is 2.11. The molecule has 1 saturated heterocycles. The molecular formula is C7H13F2NO2. The lowest BCUT2D eigenvalue weighted by Crippen LogP contribution is -2.24. The molecular weight excluding hydrogens is 168 g/mol. The number of aliphatic hydroxyl groups excluding tert-OH is 1. The standard InChI is InChI=1S/C7H13F2NO2/c8-7(9)12-4-5-1-6(3-11)10-2-5/h5-7,10-11H,1-4H2/t5-,6+/m1/s1. The van der Waals surface area contributed by atoms with Gasteiger partial charge in [-0.1, -0.05) is 0 Å². The maximum absolute atomic E-state index is 11.6. The minimum Gasteiger partial charge on any atom is -0.395 e. The first kappa shape index (κ1) is 9.83. The summed E-state index contributed by atoms with van der Waals surface area (Å²) in [4.78, 5) is 0. The van der Waals surface area contributed by atoms with Gasteiger partial charge in [0, 0.05) is 12.6 Å². The summed E-state index contributed by atoms with van der Waals surface area (Å²) in [5, 5.41) is 11.7. The molecule has 72 valence electrons. The van der Waals surface area contributed by atoms with Gasteiger partial charge in [0.2, 0.25) is 0 Å². The van der Waals surface area contributed by atoms with E-state index in [2.05, 4.69) is 10.1 Å². The summed E-state index contributed by atoms with van der Waals surface area (Å²) in [7, 11) is 0. The van der Waals surface area contributed by atoms with Crippen LogP contribution in [0.1, 0.15) is 6.42 Å². The Morgan fingerprint density at radius 1 is 1.58 bits per heavy atom. The van der Waals surface area contributed by atoms with Crippen LogP contribution in [-0.2, 0) is 4.74 Å². The van der Waals surface area contributed by atoms with Gasteiger partial charge in [0.25, 0.3) is 0 Å². The van der Waals surface area contributed by atoms with E-state index in [0.717, 1.165) is 0 Å². The van der Waals surface area contributed by atoms with Crippen molar-refractivity contribution in [2.24, 2.45) is 5.92 Å². The van der Waals surface area contributed by atoms with Crippen molar-refractivity contribution >= 4 is 0 Å². The SMILES string of the molecule is OC[C@@H]1C[C@@H](COC(F)F)CN1. The van der Waals surface area contributed by atoms with E-state index in [1.54, 1.807) is 0 Å². The molecule has 0 spiro atoms. The maximum Gasteiger partial charge on any atom is 0.345 e. The van der Waals surface area contributed by atoms with Crippen LogP contribution in [0.2, 0.25) is 0 Å². The fourth-order valence-electron chi connectivity index (χ4n) is 1.38. The van der Waals surface area contributed by atoms with E-state index in [-0.39, 0.29) is 25.2 Å². The summed E-state index contributed by atoms with van der Waals surface area (Å²) < 4.78 is 27.3. The lowest BCUT2D eigenvalue weighted by atomic mass is 10.1. The topological polar surface area (TPSA) is 41.5 Å².